The van der Waals surface area contributed by atoms with Gasteiger partial charge in [-0.25, -0.2) is 0 Å². The molecule has 3 heteroatoms. The van der Waals surface area contributed by atoms with E-state index in [0.717, 1.165) is 11.1 Å². The number of benzene rings is 1. The third-order valence-electron chi connectivity index (χ3n) is 1.70. The van der Waals surface area contributed by atoms with Gasteiger partial charge in [0.15, 0.2) is 0 Å². The molecule has 0 unspecified atom stereocenters. The highest BCUT2D eigenvalue weighted by Crippen LogP contribution is 2.25. The number of hydrogen-bond acceptors (Lipinski definition) is 2. The van der Waals surface area contributed by atoms with Gasteiger partial charge in [-0.3, -0.25) is 0 Å². The molecule has 0 aromatic heterocycles. The van der Waals surface area contributed by atoms with Crippen LogP contribution in [0, 0.1) is 6.92 Å². The van der Waals surface area contributed by atoms with E-state index in [4.69, 9.17) is 22.4 Å². The Hall–Kier alpha value is -0.730. The highest BCUT2D eigenvalue weighted by Gasteiger charge is 2.03. The number of nitrogen functional groups attached to an aromatic ring is 1. The largest absolute Gasteiger partial charge is 0.398 e. The number of aliphatic hydroxyl groups is 1. The summed E-state index contributed by atoms with van der Waals surface area (Å²) in [5.74, 6) is 0. The van der Waals surface area contributed by atoms with Gasteiger partial charge in [-0.15, -0.1) is 0 Å². The van der Waals surface area contributed by atoms with Gasteiger partial charge in [0.25, 0.3) is 0 Å². The Kier molecular flexibility index (Phi) is 2.37. The van der Waals surface area contributed by atoms with Gasteiger partial charge in [-0.1, -0.05) is 17.7 Å². The van der Waals surface area contributed by atoms with Crippen molar-refractivity contribution in [3.63, 3.8) is 0 Å². The van der Waals surface area contributed by atoms with Crippen molar-refractivity contribution in [1.82, 2.24) is 0 Å². The first-order chi connectivity index (χ1) is 5.16. The SMILES string of the molecule is Cc1c(CO)ccc(N)c1Cl. The minimum absolute atomic E-state index is 0.00579. The summed E-state index contributed by atoms with van der Waals surface area (Å²) >= 11 is 5.83. The predicted molar refractivity (Wildman–Crippen MR) is 46.5 cm³/mol. The van der Waals surface area contributed by atoms with Gasteiger partial charge in [-0.2, -0.15) is 0 Å². The summed E-state index contributed by atoms with van der Waals surface area (Å²) in [4.78, 5) is 0. The van der Waals surface area contributed by atoms with E-state index in [2.05, 4.69) is 0 Å². The molecule has 0 radical (unpaired) electrons. The summed E-state index contributed by atoms with van der Waals surface area (Å²) in [6.45, 7) is 1.84. The molecule has 0 fully saturated rings. The Morgan fingerprint density at radius 3 is 2.73 bits per heavy atom. The van der Waals surface area contributed by atoms with Crippen LogP contribution < -0.4 is 5.73 Å². The van der Waals surface area contributed by atoms with E-state index in [9.17, 15) is 0 Å². The highest BCUT2D eigenvalue weighted by molar-refractivity contribution is 6.33. The van der Waals surface area contributed by atoms with Gasteiger partial charge in [0, 0.05) is 0 Å². The van der Waals surface area contributed by atoms with E-state index in [-0.39, 0.29) is 6.61 Å². The molecule has 0 spiro atoms. The first-order valence-corrected chi connectivity index (χ1v) is 3.69. The second-order valence-electron chi connectivity index (χ2n) is 2.41. The summed E-state index contributed by atoms with van der Waals surface area (Å²) in [7, 11) is 0. The minimum atomic E-state index is 0.00579. The Morgan fingerprint density at radius 1 is 1.55 bits per heavy atom. The molecule has 11 heavy (non-hydrogen) atoms. The Morgan fingerprint density at radius 2 is 2.18 bits per heavy atom. The van der Waals surface area contributed by atoms with Gasteiger partial charge in [0.2, 0.25) is 0 Å². The van der Waals surface area contributed by atoms with Crippen LogP contribution in [0.3, 0.4) is 0 Å². The molecule has 2 nitrogen and oxygen atoms in total. The molecule has 0 amide bonds. The zero-order valence-corrected chi connectivity index (χ0v) is 7.02. The number of rotatable bonds is 1. The highest BCUT2D eigenvalue weighted by atomic mass is 35.5. The van der Waals surface area contributed by atoms with Crippen molar-refractivity contribution in [1.29, 1.82) is 0 Å². The van der Waals surface area contributed by atoms with Crippen molar-refractivity contribution >= 4 is 17.3 Å². The summed E-state index contributed by atoms with van der Waals surface area (Å²) in [5, 5.41) is 9.37. The lowest BCUT2D eigenvalue weighted by molar-refractivity contribution is 0.281. The van der Waals surface area contributed by atoms with Gasteiger partial charge in [-0.05, 0) is 24.1 Å². The van der Waals surface area contributed by atoms with E-state index in [0.29, 0.717) is 10.7 Å². The van der Waals surface area contributed by atoms with Crippen LogP contribution in [0.15, 0.2) is 12.1 Å². The second kappa shape index (κ2) is 3.11. The van der Waals surface area contributed by atoms with Crippen molar-refractivity contribution in [2.45, 2.75) is 13.5 Å². The fourth-order valence-electron chi connectivity index (χ4n) is 0.917. The fourth-order valence-corrected chi connectivity index (χ4v) is 1.10. The summed E-state index contributed by atoms with van der Waals surface area (Å²) in [5.41, 5.74) is 7.77. The van der Waals surface area contributed by atoms with Gasteiger partial charge in [0.1, 0.15) is 0 Å². The average Bonchev–Trinajstić information content (AvgIpc) is 2.01. The predicted octanol–water partition coefficient (Wildman–Crippen LogP) is 1.72. The quantitative estimate of drug-likeness (QED) is 0.633. The summed E-state index contributed by atoms with van der Waals surface area (Å²) < 4.78 is 0. The zero-order valence-electron chi connectivity index (χ0n) is 6.26. The van der Waals surface area contributed by atoms with Gasteiger partial charge >= 0.3 is 0 Å². The normalized spacial score (nSPS) is 10.1. The van der Waals surface area contributed by atoms with Crippen LogP contribution in [0.25, 0.3) is 0 Å². The molecular weight excluding hydrogens is 162 g/mol. The molecule has 1 rings (SSSR count). The molecule has 1 aromatic rings. The zero-order chi connectivity index (χ0) is 8.43. The van der Waals surface area contributed by atoms with Crippen molar-refractivity contribution in [3.05, 3.63) is 28.3 Å². The van der Waals surface area contributed by atoms with Crippen LogP contribution in [-0.2, 0) is 6.61 Å². The number of anilines is 1. The molecule has 0 aliphatic rings. The molecule has 0 aliphatic heterocycles. The summed E-state index contributed by atoms with van der Waals surface area (Å²) in [6.07, 6.45) is 0. The first-order valence-electron chi connectivity index (χ1n) is 3.31. The van der Waals surface area contributed by atoms with Crippen molar-refractivity contribution < 1.29 is 5.11 Å². The lowest BCUT2D eigenvalue weighted by Gasteiger charge is -2.05. The molecule has 0 saturated carbocycles. The Balaban J connectivity index is 3.25. The van der Waals surface area contributed by atoms with Crippen LogP contribution in [-0.4, -0.2) is 5.11 Å². The van der Waals surface area contributed by atoms with Gasteiger partial charge < -0.3 is 10.8 Å². The lowest BCUT2D eigenvalue weighted by Crippen LogP contribution is -1.93. The molecule has 0 heterocycles. The van der Waals surface area contributed by atoms with E-state index in [1.165, 1.54) is 0 Å². The van der Waals surface area contributed by atoms with Crippen molar-refractivity contribution in [2.24, 2.45) is 0 Å². The Labute approximate surface area is 70.6 Å². The average molecular weight is 172 g/mol. The fraction of sp³-hybridized carbons (Fsp3) is 0.250. The number of nitrogens with two attached hydrogens (primary N) is 1. The summed E-state index contributed by atoms with van der Waals surface area (Å²) in [6, 6.07) is 3.47. The van der Waals surface area contributed by atoms with E-state index in [1.54, 1.807) is 12.1 Å². The maximum absolute atomic E-state index is 8.83. The second-order valence-corrected chi connectivity index (χ2v) is 2.79. The van der Waals surface area contributed by atoms with Crippen LogP contribution in [0.2, 0.25) is 5.02 Å². The van der Waals surface area contributed by atoms with Gasteiger partial charge in [0.05, 0.1) is 17.3 Å². The molecular formula is C8H10ClNO. The van der Waals surface area contributed by atoms with Crippen LogP contribution in [0.5, 0.6) is 0 Å². The molecule has 60 valence electrons. The molecule has 0 atom stereocenters. The molecule has 0 aliphatic carbocycles. The van der Waals surface area contributed by atoms with Crippen LogP contribution >= 0.6 is 11.6 Å². The monoisotopic (exact) mass is 171 g/mol. The molecule has 1 aromatic carbocycles. The minimum Gasteiger partial charge on any atom is -0.398 e. The smallest absolute Gasteiger partial charge is 0.0684 e. The molecule has 0 bridgehead atoms. The van der Waals surface area contributed by atoms with Crippen LogP contribution in [0.1, 0.15) is 11.1 Å². The van der Waals surface area contributed by atoms with E-state index >= 15 is 0 Å². The van der Waals surface area contributed by atoms with Crippen molar-refractivity contribution in [2.75, 3.05) is 5.73 Å². The number of halogens is 1. The maximum Gasteiger partial charge on any atom is 0.0684 e. The Bertz CT molecular complexity index is 273. The maximum atomic E-state index is 8.83. The molecule has 0 saturated heterocycles. The third-order valence-corrected chi connectivity index (χ3v) is 2.20. The first kappa shape index (κ1) is 8.37. The lowest BCUT2D eigenvalue weighted by atomic mass is 10.1. The van der Waals surface area contributed by atoms with E-state index in [1.807, 2.05) is 6.92 Å². The number of hydrogen-bond donors (Lipinski definition) is 2. The topological polar surface area (TPSA) is 46.2 Å². The van der Waals surface area contributed by atoms with E-state index < -0.39 is 0 Å². The van der Waals surface area contributed by atoms with Crippen molar-refractivity contribution in [3.8, 4) is 0 Å². The molecule has 3 N–H and O–H groups in total. The standard InChI is InChI=1S/C8H10ClNO/c1-5-6(4-11)2-3-7(10)8(5)9/h2-3,11H,4,10H2,1H3. The van der Waals surface area contributed by atoms with Crippen LogP contribution in [0.4, 0.5) is 5.69 Å². The third kappa shape index (κ3) is 1.47. The number of aliphatic hydroxyl groups excluding tert-OH is 1.